The molecule has 2 aliphatic heterocycles. The number of likely N-dealkylation sites (tertiary alicyclic amines) is 1. The van der Waals surface area contributed by atoms with Crippen LogP contribution in [-0.2, 0) is 17.0 Å². The summed E-state index contributed by atoms with van der Waals surface area (Å²) in [5, 5.41) is 15.7. The molecule has 1 aromatic carbocycles. The number of amides is 1. The number of halogens is 1. The fourth-order valence-corrected chi connectivity index (χ4v) is 6.60. The summed E-state index contributed by atoms with van der Waals surface area (Å²) in [7, 11) is 0. The highest BCUT2D eigenvalue weighted by molar-refractivity contribution is 7.98. The summed E-state index contributed by atoms with van der Waals surface area (Å²) < 4.78 is 0. The summed E-state index contributed by atoms with van der Waals surface area (Å²) in [6.07, 6.45) is 3.72. The Kier molecular flexibility index (Phi) is 6.63. The van der Waals surface area contributed by atoms with Gasteiger partial charge in [-0.2, -0.15) is 11.8 Å². The summed E-state index contributed by atoms with van der Waals surface area (Å²) in [6.45, 7) is 2.40. The predicted molar refractivity (Wildman–Crippen MR) is 119 cm³/mol. The molecule has 0 aliphatic carbocycles. The third kappa shape index (κ3) is 4.57. The third-order valence-corrected chi connectivity index (χ3v) is 7.93. The van der Waals surface area contributed by atoms with E-state index in [9.17, 15) is 9.90 Å². The fraction of sp³-hybridized carbons (Fsp3) is 0.476. The second-order valence-corrected chi connectivity index (χ2v) is 10.0. The van der Waals surface area contributed by atoms with Crippen LogP contribution in [0.2, 0.25) is 5.02 Å². The SMILES string of the molecule is O=C(CN1CCCCC1)Nc1sc2c(c1C(O)c1cccc(Cl)c1)CCSC2. The first-order valence-corrected chi connectivity index (χ1v) is 12.1. The van der Waals surface area contributed by atoms with Crippen molar-refractivity contribution >= 4 is 45.6 Å². The summed E-state index contributed by atoms with van der Waals surface area (Å²) in [5.41, 5.74) is 2.82. The van der Waals surface area contributed by atoms with Crippen LogP contribution in [0, 0.1) is 0 Å². The molecular weight excluding hydrogens is 412 g/mol. The first-order valence-electron chi connectivity index (χ1n) is 9.79. The number of benzene rings is 1. The van der Waals surface area contributed by atoms with Gasteiger partial charge in [0.25, 0.3) is 0 Å². The molecule has 1 atom stereocenters. The lowest BCUT2D eigenvalue weighted by molar-refractivity contribution is -0.117. The molecule has 150 valence electrons. The molecule has 1 aromatic heterocycles. The second kappa shape index (κ2) is 9.18. The zero-order chi connectivity index (χ0) is 19.5. The average molecular weight is 437 g/mol. The number of hydrogen-bond donors (Lipinski definition) is 2. The number of rotatable bonds is 5. The zero-order valence-corrected chi connectivity index (χ0v) is 18.1. The monoisotopic (exact) mass is 436 g/mol. The Hall–Kier alpha value is -1.05. The van der Waals surface area contributed by atoms with Gasteiger partial charge in [0.15, 0.2) is 0 Å². The van der Waals surface area contributed by atoms with Gasteiger partial charge >= 0.3 is 0 Å². The number of anilines is 1. The Balaban J connectivity index is 1.59. The maximum Gasteiger partial charge on any atom is 0.239 e. The number of carbonyl (C=O) groups excluding carboxylic acids is 1. The summed E-state index contributed by atoms with van der Waals surface area (Å²) >= 11 is 9.66. The van der Waals surface area contributed by atoms with Crippen molar-refractivity contribution in [2.24, 2.45) is 0 Å². The molecule has 4 nitrogen and oxygen atoms in total. The lowest BCUT2D eigenvalue weighted by Gasteiger charge is -2.25. The highest BCUT2D eigenvalue weighted by atomic mass is 35.5. The van der Waals surface area contributed by atoms with Crippen molar-refractivity contribution in [2.75, 3.05) is 30.7 Å². The fourth-order valence-electron chi connectivity index (χ4n) is 3.97. The van der Waals surface area contributed by atoms with Crippen LogP contribution in [0.1, 0.15) is 46.9 Å². The van der Waals surface area contributed by atoms with E-state index in [1.807, 2.05) is 23.9 Å². The van der Waals surface area contributed by atoms with Crippen LogP contribution in [0.3, 0.4) is 0 Å². The van der Waals surface area contributed by atoms with Gasteiger partial charge in [-0.3, -0.25) is 9.69 Å². The number of aliphatic hydroxyl groups excluding tert-OH is 1. The van der Waals surface area contributed by atoms with E-state index in [-0.39, 0.29) is 5.91 Å². The molecule has 0 bridgehead atoms. The topological polar surface area (TPSA) is 52.6 Å². The van der Waals surface area contributed by atoms with Gasteiger partial charge in [0.1, 0.15) is 11.1 Å². The minimum Gasteiger partial charge on any atom is -0.384 e. The molecule has 2 aliphatic rings. The minimum absolute atomic E-state index is 0.00712. The standard InChI is InChI=1S/C21H25ClN2O2S2/c22-15-6-4-5-14(11-15)20(26)19-16-7-10-27-13-17(16)28-21(19)23-18(25)12-24-8-2-1-3-9-24/h4-6,11,20,26H,1-3,7-10,12-13H2,(H,23,25). The lowest BCUT2D eigenvalue weighted by Crippen LogP contribution is -2.36. The molecule has 28 heavy (non-hydrogen) atoms. The van der Waals surface area contributed by atoms with E-state index in [0.717, 1.165) is 60.0 Å². The molecule has 1 amide bonds. The normalized spacial score (nSPS) is 18.5. The van der Waals surface area contributed by atoms with E-state index in [0.29, 0.717) is 11.6 Å². The van der Waals surface area contributed by atoms with Crippen LogP contribution in [0.25, 0.3) is 0 Å². The van der Waals surface area contributed by atoms with E-state index in [4.69, 9.17) is 11.6 Å². The van der Waals surface area contributed by atoms with Crippen LogP contribution in [0.4, 0.5) is 5.00 Å². The average Bonchev–Trinajstić information content (AvgIpc) is 3.05. The molecule has 0 spiro atoms. The number of thiophene rings is 1. The zero-order valence-electron chi connectivity index (χ0n) is 15.7. The molecule has 0 radical (unpaired) electrons. The van der Waals surface area contributed by atoms with Gasteiger partial charge in [0.05, 0.1) is 6.54 Å². The van der Waals surface area contributed by atoms with Gasteiger partial charge in [0, 0.05) is 21.2 Å². The Morgan fingerprint density at radius 3 is 2.89 bits per heavy atom. The van der Waals surface area contributed by atoms with Crippen molar-refractivity contribution in [3.05, 3.63) is 50.9 Å². The highest BCUT2D eigenvalue weighted by Crippen LogP contribution is 2.44. The smallest absolute Gasteiger partial charge is 0.239 e. The molecule has 1 saturated heterocycles. The molecule has 4 rings (SSSR count). The molecule has 3 heterocycles. The van der Waals surface area contributed by atoms with Crippen LogP contribution in [0.5, 0.6) is 0 Å². The van der Waals surface area contributed by atoms with Crippen molar-refractivity contribution in [1.82, 2.24) is 4.90 Å². The maximum atomic E-state index is 12.7. The minimum atomic E-state index is -0.785. The quantitative estimate of drug-likeness (QED) is 0.713. The van der Waals surface area contributed by atoms with Crippen molar-refractivity contribution in [2.45, 2.75) is 37.5 Å². The molecule has 2 N–H and O–H groups in total. The summed E-state index contributed by atoms with van der Waals surface area (Å²) in [4.78, 5) is 16.2. The Bertz CT molecular complexity index is 849. The van der Waals surface area contributed by atoms with Crippen molar-refractivity contribution in [3.63, 3.8) is 0 Å². The number of piperidine rings is 1. The van der Waals surface area contributed by atoms with E-state index < -0.39 is 6.10 Å². The first-order chi connectivity index (χ1) is 13.6. The Morgan fingerprint density at radius 1 is 1.29 bits per heavy atom. The van der Waals surface area contributed by atoms with Crippen LogP contribution in [-0.4, -0.2) is 41.3 Å². The van der Waals surface area contributed by atoms with Gasteiger partial charge in [-0.1, -0.05) is 30.2 Å². The molecular formula is C21H25ClN2O2S2. The van der Waals surface area contributed by atoms with Crippen LogP contribution < -0.4 is 5.32 Å². The van der Waals surface area contributed by atoms with Gasteiger partial charge in [0.2, 0.25) is 5.91 Å². The van der Waals surface area contributed by atoms with Crippen molar-refractivity contribution < 1.29 is 9.90 Å². The van der Waals surface area contributed by atoms with Crippen molar-refractivity contribution in [1.29, 1.82) is 0 Å². The van der Waals surface area contributed by atoms with Gasteiger partial charge in [-0.15, -0.1) is 11.3 Å². The number of nitrogens with one attached hydrogen (secondary N) is 1. The third-order valence-electron chi connectivity index (χ3n) is 5.37. The molecule has 1 unspecified atom stereocenters. The molecule has 7 heteroatoms. The number of thioether (sulfide) groups is 1. The second-order valence-electron chi connectivity index (χ2n) is 7.39. The largest absolute Gasteiger partial charge is 0.384 e. The molecule has 1 fully saturated rings. The Labute approximate surface area is 179 Å². The molecule has 2 aromatic rings. The lowest BCUT2D eigenvalue weighted by atomic mass is 9.97. The van der Waals surface area contributed by atoms with E-state index >= 15 is 0 Å². The summed E-state index contributed by atoms with van der Waals surface area (Å²) in [5.74, 6) is 1.99. The van der Waals surface area contributed by atoms with Gasteiger partial charge in [-0.25, -0.2) is 0 Å². The predicted octanol–water partition coefficient (Wildman–Crippen LogP) is 4.70. The first kappa shape index (κ1) is 20.2. The number of hydrogen-bond acceptors (Lipinski definition) is 5. The maximum absolute atomic E-state index is 12.7. The Morgan fingerprint density at radius 2 is 2.11 bits per heavy atom. The number of nitrogens with zero attached hydrogens (tertiary/aromatic N) is 1. The van der Waals surface area contributed by atoms with Crippen molar-refractivity contribution in [3.8, 4) is 0 Å². The highest BCUT2D eigenvalue weighted by Gasteiger charge is 2.28. The number of carbonyl (C=O) groups is 1. The van der Waals surface area contributed by atoms with Gasteiger partial charge in [-0.05, 0) is 61.4 Å². The van der Waals surface area contributed by atoms with E-state index in [1.165, 1.54) is 16.9 Å². The molecule has 0 saturated carbocycles. The van der Waals surface area contributed by atoms with Crippen LogP contribution >= 0.6 is 34.7 Å². The number of aliphatic hydroxyl groups is 1. The van der Waals surface area contributed by atoms with E-state index in [2.05, 4.69) is 10.2 Å². The summed E-state index contributed by atoms with van der Waals surface area (Å²) in [6, 6.07) is 7.34. The number of fused-ring (bicyclic) bond motifs is 1. The van der Waals surface area contributed by atoms with Crippen LogP contribution in [0.15, 0.2) is 24.3 Å². The van der Waals surface area contributed by atoms with Gasteiger partial charge < -0.3 is 10.4 Å². The van der Waals surface area contributed by atoms with E-state index in [1.54, 1.807) is 23.5 Å².